The van der Waals surface area contributed by atoms with E-state index in [2.05, 4.69) is 4.74 Å². The Morgan fingerprint density at radius 1 is 1.62 bits per heavy atom. The van der Waals surface area contributed by atoms with E-state index in [0.29, 0.717) is 12.8 Å². The highest BCUT2D eigenvalue weighted by atomic mass is 19.1. The Morgan fingerprint density at radius 3 is 2.85 bits per heavy atom. The van der Waals surface area contributed by atoms with Crippen molar-refractivity contribution in [3.63, 3.8) is 0 Å². The van der Waals surface area contributed by atoms with E-state index < -0.39 is 17.4 Å². The molecule has 13 heavy (non-hydrogen) atoms. The summed E-state index contributed by atoms with van der Waals surface area (Å²) in [7, 11) is 0. The first kappa shape index (κ1) is 10.2. The molecule has 1 atom stereocenters. The van der Waals surface area contributed by atoms with Crippen LogP contribution < -0.4 is 0 Å². The van der Waals surface area contributed by atoms with Gasteiger partial charge in [0, 0.05) is 6.42 Å². The molecule has 1 fully saturated rings. The minimum Gasteiger partial charge on any atom is -0.463 e. The Hall–Kier alpha value is -0.930. The fourth-order valence-corrected chi connectivity index (χ4v) is 1.45. The van der Waals surface area contributed by atoms with Crippen LogP contribution >= 0.6 is 0 Å². The van der Waals surface area contributed by atoms with Crippen molar-refractivity contribution < 1.29 is 18.7 Å². The topological polar surface area (TPSA) is 43.4 Å². The van der Waals surface area contributed by atoms with E-state index in [4.69, 9.17) is 0 Å². The van der Waals surface area contributed by atoms with Crippen LogP contribution in [0.1, 0.15) is 32.6 Å². The lowest BCUT2D eigenvalue weighted by atomic mass is 9.85. The van der Waals surface area contributed by atoms with Gasteiger partial charge in [-0.05, 0) is 26.2 Å². The van der Waals surface area contributed by atoms with Gasteiger partial charge in [-0.3, -0.25) is 4.79 Å². The Balaban J connectivity index is 2.71. The molecule has 0 aromatic heterocycles. The minimum atomic E-state index is -2.35. The van der Waals surface area contributed by atoms with Gasteiger partial charge in [-0.1, -0.05) is 0 Å². The van der Waals surface area contributed by atoms with Gasteiger partial charge in [-0.25, -0.2) is 9.18 Å². The highest BCUT2D eigenvalue weighted by molar-refractivity contribution is 6.07. The first-order valence-electron chi connectivity index (χ1n) is 4.50. The van der Waals surface area contributed by atoms with Crippen LogP contribution in [0.4, 0.5) is 4.39 Å². The van der Waals surface area contributed by atoms with E-state index in [1.807, 2.05) is 0 Å². The quantitative estimate of drug-likeness (QED) is 0.486. The monoisotopic (exact) mass is 188 g/mol. The smallest absolute Gasteiger partial charge is 0.351 e. The summed E-state index contributed by atoms with van der Waals surface area (Å²) in [5.74, 6) is -1.64. The van der Waals surface area contributed by atoms with Crippen molar-refractivity contribution in [3.8, 4) is 0 Å². The number of hydrogen-bond donors (Lipinski definition) is 0. The number of rotatable bonds is 2. The maximum Gasteiger partial charge on any atom is 0.351 e. The number of alkyl halides is 1. The minimum absolute atomic E-state index is 0.0231. The van der Waals surface area contributed by atoms with Crippen LogP contribution in [-0.4, -0.2) is 24.0 Å². The molecule has 0 heterocycles. The van der Waals surface area contributed by atoms with Crippen LogP contribution in [0, 0.1) is 0 Å². The van der Waals surface area contributed by atoms with Gasteiger partial charge in [0.2, 0.25) is 0 Å². The molecule has 0 bridgehead atoms. The highest BCUT2D eigenvalue weighted by Crippen LogP contribution is 2.29. The molecule has 0 amide bonds. The van der Waals surface area contributed by atoms with Gasteiger partial charge >= 0.3 is 5.97 Å². The van der Waals surface area contributed by atoms with Crippen molar-refractivity contribution in [2.24, 2.45) is 0 Å². The normalized spacial score (nSPS) is 28.6. The SMILES string of the molecule is CCOC(=O)C1(F)CCCCC1=O. The first-order chi connectivity index (χ1) is 6.11. The van der Waals surface area contributed by atoms with Gasteiger partial charge in [-0.2, -0.15) is 0 Å². The van der Waals surface area contributed by atoms with Gasteiger partial charge in [-0.15, -0.1) is 0 Å². The molecule has 1 aliphatic carbocycles. The first-order valence-corrected chi connectivity index (χ1v) is 4.50. The number of halogens is 1. The molecule has 0 aromatic rings. The second-order valence-corrected chi connectivity index (χ2v) is 3.15. The molecule has 4 heteroatoms. The van der Waals surface area contributed by atoms with Crippen molar-refractivity contribution >= 4 is 11.8 Å². The molecule has 0 saturated heterocycles. The fourth-order valence-electron chi connectivity index (χ4n) is 1.45. The zero-order chi connectivity index (χ0) is 9.90. The number of carbonyl (C=O) groups excluding carboxylic acids is 2. The van der Waals surface area contributed by atoms with Crippen molar-refractivity contribution in [1.29, 1.82) is 0 Å². The number of esters is 1. The molecule has 0 spiro atoms. The van der Waals surface area contributed by atoms with E-state index in [-0.39, 0.29) is 19.4 Å². The number of carbonyl (C=O) groups is 2. The fraction of sp³-hybridized carbons (Fsp3) is 0.778. The van der Waals surface area contributed by atoms with Gasteiger partial charge in [0.25, 0.3) is 5.67 Å². The van der Waals surface area contributed by atoms with Crippen LogP contribution in [-0.2, 0) is 14.3 Å². The van der Waals surface area contributed by atoms with Gasteiger partial charge in [0.15, 0.2) is 5.78 Å². The number of Topliss-reactive ketones (excluding diaryl/α,β-unsaturated/α-hetero) is 1. The van der Waals surface area contributed by atoms with Gasteiger partial charge in [0.1, 0.15) is 0 Å². The van der Waals surface area contributed by atoms with E-state index in [1.54, 1.807) is 6.92 Å². The van der Waals surface area contributed by atoms with Crippen LogP contribution in [0.5, 0.6) is 0 Å². The van der Waals surface area contributed by atoms with E-state index in [9.17, 15) is 14.0 Å². The average Bonchev–Trinajstić information content (AvgIpc) is 2.11. The second-order valence-electron chi connectivity index (χ2n) is 3.15. The molecular weight excluding hydrogens is 175 g/mol. The summed E-state index contributed by atoms with van der Waals surface area (Å²) in [5.41, 5.74) is -2.35. The lowest BCUT2D eigenvalue weighted by Gasteiger charge is -2.25. The maximum absolute atomic E-state index is 13.7. The van der Waals surface area contributed by atoms with Crippen molar-refractivity contribution in [2.75, 3.05) is 6.61 Å². The van der Waals surface area contributed by atoms with Crippen LogP contribution in [0.3, 0.4) is 0 Å². The summed E-state index contributed by atoms with van der Waals surface area (Å²) in [6, 6.07) is 0. The van der Waals surface area contributed by atoms with Crippen molar-refractivity contribution in [2.45, 2.75) is 38.3 Å². The molecule has 1 unspecified atom stereocenters. The zero-order valence-corrected chi connectivity index (χ0v) is 7.64. The molecule has 1 rings (SSSR count). The molecular formula is C9H13FO3. The number of ether oxygens (including phenoxy) is 1. The molecule has 0 aliphatic heterocycles. The Bertz CT molecular complexity index is 227. The highest BCUT2D eigenvalue weighted by Gasteiger charge is 2.48. The largest absolute Gasteiger partial charge is 0.463 e. The summed E-state index contributed by atoms with van der Waals surface area (Å²) in [4.78, 5) is 22.3. The molecule has 0 radical (unpaired) electrons. The average molecular weight is 188 g/mol. The number of ketones is 1. The predicted octanol–water partition coefficient (Wildman–Crippen LogP) is 1.40. The van der Waals surface area contributed by atoms with Crippen LogP contribution in [0.25, 0.3) is 0 Å². The van der Waals surface area contributed by atoms with Crippen LogP contribution in [0.2, 0.25) is 0 Å². The van der Waals surface area contributed by atoms with Gasteiger partial charge < -0.3 is 4.74 Å². The summed E-state index contributed by atoms with van der Waals surface area (Å²) in [6.07, 6.45) is 1.37. The summed E-state index contributed by atoms with van der Waals surface area (Å²) in [5, 5.41) is 0. The molecule has 74 valence electrons. The molecule has 3 nitrogen and oxygen atoms in total. The van der Waals surface area contributed by atoms with E-state index in [0.717, 1.165) is 0 Å². The lowest BCUT2D eigenvalue weighted by molar-refractivity contribution is -0.164. The Morgan fingerprint density at radius 2 is 2.31 bits per heavy atom. The van der Waals surface area contributed by atoms with E-state index in [1.165, 1.54) is 0 Å². The lowest BCUT2D eigenvalue weighted by Crippen LogP contribution is -2.45. The predicted molar refractivity (Wildman–Crippen MR) is 43.9 cm³/mol. The van der Waals surface area contributed by atoms with E-state index >= 15 is 0 Å². The molecule has 1 saturated carbocycles. The Kier molecular flexibility index (Phi) is 3.01. The zero-order valence-electron chi connectivity index (χ0n) is 7.64. The third-order valence-corrected chi connectivity index (χ3v) is 2.22. The molecule has 0 aromatic carbocycles. The van der Waals surface area contributed by atoms with Crippen molar-refractivity contribution in [1.82, 2.24) is 0 Å². The molecule has 0 N–H and O–H groups in total. The third-order valence-electron chi connectivity index (χ3n) is 2.22. The standard InChI is InChI=1S/C9H13FO3/c1-2-13-8(12)9(10)6-4-3-5-7(9)11/h2-6H2,1H3. The summed E-state index contributed by atoms with van der Waals surface area (Å²) in [6.45, 7) is 1.70. The summed E-state index contributed by atoms with van der Waals surface area (Å²) < 4.78 is 18.2. The number of hydrogen-bond acceptors (Lipinski definition) is 3. The summed E-state index contributed by atoms with van der Waals surface area (Å²) >= 11 is 0. The maximum atomic E-state index is 13.7. The third kappa shape index (κ3) is 1.87. The van der Waals surface area contributed by atoms with Crippen LogP contribution in [0.15, 0.2) is 0 Å². The van der Waals surface area contributed by atoms with Crippen molar-refractivity contribution in [3.05, 3.63) is 0 Å². The second kappa shape index (κ2) is 3.85. The molecule has 1 aliphatic rings. The Labute approximate surface area is 76.3 Å². The van der Waals surface area contributed by atoms with Gasteiger partial charge in [0.05, 0.1) is 6.61 Å².